The van der Waals surface area contributed by atoms with Gasteiger partial charge in [0.15, 0.2) is 5.16 Å². The first-order valence-electron chi connectivity index (χ1n) is 8.85. The maximum absolute atomic E-state index is 4.47. The molecule has 0 aliphatic carbocycles. The zero-order chi connectivity index (χ0) is 17.5. The number of aromatic nitrogens is 3. The summed E-state index contributed by atoms with van der Waals surface area (Å²) in [4.78, 5) is 2.51. The molecule has 0 saturated carbocycles. The fourth-order valence-electron chi connectivity index (χ4n) is 3.27. The van der Waals surface area contributed by atoms with Gasteiger partial charge in [-0.2, -0.15) is 0 Å². The second-order valence-corrected chi connectivity index (χ2v) is 7.40. The van der Waals surface area contributed by atoms with Gasteiger partial charge in [-0.25, -0.2) is 0 Å². The second kappa shape index (κ2) is 9.02. The highest BCUT2D eigenvalue weighted by Crippen LogP contribution is 2.27. The van der Waals surface area contributed by atoms with Crippen molar-refractivity contribution in [1.82, 2.24) is 19.7 Å². The molecule has 0 bridgehead atoms. The minimum absolute atomic E-state index is 0.467. The summed E-state index contributed by atoms with van der Waals surface area (Å²) in [6, 6.07) is 10.5. The Morgan fingerprint density at radius 3 is 2.92 bits per heavy atom. The predicted octanol–water partition coefficient (Wildman–Crippen LogP) is 3.99. The van der Waals surface area contributed by atoms with Crippen LogP contribution in [0.4, 0.5) is 0 Å². The zero-order valence-corrected chi connectivity index (χ0v) is 15.7. The van der Waals surface area contributed by atoms with Gasteiger partial charge in [-0.15, -0.1) is 16.8 Å². The molecule has 0 N–H and O–H groups in total. The second-order valence-electron chi connectivity index (χ2n) is 6.41. The van der Waals surface area contributed by atoms with Crippen LogP contribution in [0.1, 0.15) is 30.1 Å². The highest BCUT2D eigenvalue weighted by atomic mass is 32.2. The number of thioether (sulfide) groups is 1. The van der Waals surface area contributed by atoms with Crippen molar-refractivity contribution >= 4 is 17.8 Å². The van der Waals surface area contributed by atoms with Crippen LogP contribution in [0.3, 0.4) is 0 Å². The van der Waals surface area contributed by atoms with Crippen molar-refractivity contribution < 1.29 is 0 Å². The van der Waals surface area contributed by atoms with Gasteiger partial charge in [0, 0.05) is 31.8 Å². The van der Waals surface area contributed by atoms with E-state index in [4.69, 9.17) is 0 Å². The van der Waals surface area contributed by atoms with Crippen LogP contribution in [0.2, 0.25) is 0 Å². The first kappa shape index (κ1) is 18.0. The van der Waals surface area contributed by atoms with Gasteiger partial charge in [0.2, 0.25) is 0 Å². The van der Waals surface area contributed by atoms with E-state index >= 15 is 0 Å². The highest BCUT2D eigenvalue weighted by molar-refractivity contribution is 7.99. The molecule has 1 atom stereocenters. The summed E-state index contributed by atoms with van der Waals surface area (Å²) in [6.45, 7) is 6.97. The molecule has 4 nitrogen and oxygen atoms in total. The number of likely N-dealkylation sites (tertiary alicyclic amines) is 1. The fraction of sp³-hybridized carbons (Fsp3) is 0.400. The first-order valence-corrected chi connectivity index (χ1v) is 9.83. The van der Waals surface area contributed by atoms with Crippen LogP contribution in [0, 0.1) is 0 Å². The molecule has 5 heteroatoms. The average molecular weight is 355 g/mol. The van der Waals surface area contributed by atoms with Crippen molar-refractivity contribution in [3.8, 4) is 0 Å². The van der Waals surface area contributed by atoms with E-state index in [1.807, 2.05) is 6.08 Å². The van der Waals surface area contributed by atoms with E-state index in [-0.39, 0.29) is 0 Å². The maximum atomic E-state index is 4.47. The van der Waals surface area contributed by atoms with E-state index in [1.165, 1.54) is 18.4 Å². The molecule has 1 aliphatic heterocycles. The van der Waals surface area contributed by atoms with E-state index in [0.29, 0.717) is 5.92 Å². The number of hydrogen-bond acceptors (Lipinski definition) is 4. The standard InChI is InChI=1S/C20H26N4S/c1-3-15-25-20-22-21-19(23(20)2)18-12-8-14-24(16-18)13-7-11-17-9-5-4-6-10-17/h3-7,9-11,18H,1,8,12-16H2,2H3/b11-7+. The maximum Gasteiger partial charge on any atom is 0.191 e. The van der Waals surface area contributed by atoms with Gasteiger partial charge in [0.1, 0.15) is 5.82 Å². The lowest BCUT2D eigenvalue weighted by atomic mass is 9.97. The molecule has 1 saturated heterocycles. The Hall–Kier alpha value is -1.85. The van der Waals surface area contributed by atoms with Crippen LogP contribution < -0.4 is 0 Å². The fourth-order valence-corrected chi connectivity index (χ4v) is 3.93. The topological polar surface area (TPSA) is 34.0 Å². The van der Waals surface area contributed by atoms with Gasteiger partial charge in [-0.3, -0.25) is 4.90 Å². The van der Waals surface area contributed by atoms with Gasteiger partial charge in [0.25, 0.3) is 0 Å². The minimum Gasteiger partial charge on any atom is -0.309 e. The largest absolute Gasteiger partial charge is 0.309 e. The Bertz CT molecular complexity index is 708. The molecule has 1 aliphatic rings. The lowest BCUT2D eigenvalue weighted by molar-refractivity contribution is 0.222. The molecule has 2 aromatic rings. The van der Waals surface area contributed by atoms with Crippen LogP contribution in [0.15, 0.2) is 54.2 Å². The molecule has 0 radical (unpaired) electrons. The van der Waals surface area contributed by atoms with E-state index in [1.54, 1.807) is 11.8 Å². The van der Waals surface area contributed by atoms with Crippen molar-refractivity contribution in [2.24, 2.45) is 7.05 Å². The molecule has 1 aromatic heterocycles. The van der Waals surface area contributed by atoms with Gasteiger partial charge in [0.05, 0.1) is 0 Å². The van der Waals surface area contributed by atoms with E-state index in [2.05, 4.69) is 75.8 Å². The summed E-state index contributed by atoms with van der Waals surface area (Å²) >= 11 is 1.69. The summed E-state index contributed by atoms with van der Waals surface area (Å²) in [6.07, 6.45) is 8.78. The molecule has 1 unspecified atom stereocenters. The minimum atomic E-state index is 0.467. The molecule has 0 amide bonds. The molecular weight excluding hydrogens is 328 g/mol. The van der Waals surface area contributed by atoms with Gasteiger partial charge in [-0.05, 0) is 24.9 Å². The Balaban J connectivity index is 1.58. The first-order chi connectivity index (χ1) is 12.3. The van der Waals surface area contributed by atoms with Crippen molar-refractivity contribution in [1.29, 1.82) is 0 Å². The third kappa shape index (κ3) is 4.83. The van der Waals surface area contributed by atoms with Crippen LogP contribution in [0.5, 0.6) is 0 Å². The van der Waals surface area contributed by atoms with Crippen LogP contribution in [0.25, 0.3) is 6.08 Å². The number of rotatable bonds is 7. The lowest BCUT2D eigenvalue weighted by Gasteiger charge is -2.31. The molecule has 3 rings (SSSR count). The number of piperidine rings is 1. The molecule has 132 valence electrons. The summed E-state index contributed by atoms with van der Waals surface area (Å²) in [5.74, 6) is 2.45. The molecule has 2 heterocycles. The summed E-state index contributed by atoms with van der Waals surface area (Å²) in [5, 5.41) is 9.80. The quantitative estimate of drug-likeness (QED) is 0.556. The van der Waals surface area contributed by atoms with E-state index < -0.39 is 0 Å². The number of benzene rings is 1. The molecular formula is C20H26N4S. The number of nitrogens with zero attached hydrogens (tertiary/aromatic N) is 4. The zero-order valence-electron chi connectivity index (χ0n) is 14.8. The smallest absolute Gasteiger partial charge is 0.191 e. The van der Waals surface area contributed by atoms with E-state index in [9.17, 15) is 0 Å². The Labute approximate surface area is 154 Å². The molecule has 1 aromatic carbocycles. The number of hydrogen-bond donors (Lipinski definition) is 0. The Morgan fingerprint density at radius 1 is 1.28 bits per heavy atom. The third-order valence-electron chi connectivity index (χ3n) is 4.54. The van der Waals surface area contributed by atoms with Crippen LogP contribution in [-0.2, 0) is 7.05 Å². The van der Waals surface area contributed by atoms with Crippen molar-refractivity contribution in [3.63, 3.8) is 0 Å². The molecule has 1 fully saturated rings. The lowest BCUT2D eigenvalue weighted by Crippen LogP contribution is -2.35. The monoisotopic (exact) mass is 354 g/mol. The average Bonchev–Trinajstić information content (AvgIpc) is 3.02. The molecule has 25 heavy (non-hydrogen) atoms. The van der Waals surface area contributed by atoms with Crippen LogP contribution >= 0.6 is 11.8 Å². The van der Waals surface area contributed by atoms with Crippen molar-refractivity contribution in [3.05, 3.63) is 60.5 Å². The SMILES string of the molecule is C=CCSc1nnc(C2CCCN(C/C=C/c3ccccc3)C2)n1C. The van der Waals surface area contributed by atoms with Crippen LogP contribution in [-0.4, -0.2) is 45.1 Å². The van der Waals surface area contributed by atoms with Gasteiger partial charge >= 0.3 is 0 Å². The summed E-state index contributed by atoms with van der Waals surface area (Å²) < 4.78 is 2.15. The molecule has 0 spiro atoms. The van der Waals surface area contributed by atoms with Gasteiger partial charge in [-0.1, -0.05) is 60.3 Å². The predicted molar refractivity (Wildman–Crippen MR) is 106 cm³/mol. The normalized spacial score (nSPS) is 18.7. The highest BCUT2D eigenvalue weighted by Gasteiger charge is 2.25. The van der Waals surface area contributed by atoms with Gasteiger partial charge < -0.3 is 4.57 Å². The van der Waals surface area contributed by atoms with Crippen molar-refractivity contribution in [2.75, 3.05) is 25.4 Å². The summed E-state index contributed by atoms with van der Waals surface area (Å²) in [5.41, 5.74) is 1.26. The third-order valence-corrected chi connectivity index (χ3v) is 5.56. The summed E-state index contributed by atoms with van der Waals surface area (Å²) in [7, 11) is 2.08. The Kier molecular flexibility index (Phi) is 6.48. The van der Waals surface area contributed by atoms with Crippen molar-refractivity contribution in [2.45, 2.75) is 23.9 Å². The van der Waals surface area contributed by atoms with E-state index in [0.717, 1.165) is 36.4 Å². The Morgan fingerprint density at radius 2 is 2.12 bits per heavy atom.